The third-order valence-corrected chi connectivity index (χ3v) is 2.62. The lowest BCUT2D eigenvalue weighted by Crippen LogP contribution is -2.12. The fourth-order valence-electron chi connectivity index (χ4n) is 1.19. The molecule has 0 aliphatic rings. The van der Waals surface area contributed by atoms with Gasteiger partial charge >= 0.3 is 5.97 Å². The molecule has 1 aromatic rings. The van der Waals surface area contributed by atoms with Crippen molar-refractivity contribution in [2.45, 2.75) is 13.3 Å². The van der Waals surface area contributed by atoms with Crippen molar-refractivity contribution in [3.8, 4) is 5.75 Å². The molecule has 0 heterocycles. The number of hydrogen-bond donors (Lipinski definition) is 1. The van der Waals surface area contributed by atoms with Crippen molar-refractivity contribution in [1.82, 2.24) is 0 Å². The molecule has 0 fully saturated rings. The van der Waals surface area contributed by atoms with Gasteiger partial charge in [-0.3, -0.25) is 9.59 Å². The van der Waals surface area contributed by atoms with E-state index in [1.165, 1.54) is 12.1 Å². The lowest BCUT2D eigenvalue weighted by atomic mass is 10.1. The van der Waals surface area contributed by atoms with Crippen molar-refractivity contribution < 1.29 is 23.8 Å². The molecule has 0 radical (unpaired) electrons. The summed E-state index contributed by atoms with van der Waals surface area (Å²) in [7, 11) is 0. The zero-order valence-corrected chi connectivity index (χ0v) is 10.6. The number of aromatic hydroxyl groups is 1. The van der Waals surface area contributed by atoms with E-state index in [1.54, 1.807) is 6.92 Å². The van der Waals surface area contributed by atoms with Crippen molar-refractivity contribution in [2.75, 3.05) is 6.61 Å². The van der Waals surface area contributed by atoms with Crippen LogP contribution in [0.1, 0.15) is 23.7 Å². The fraction of sp³-hybridized carbons (Fsp3) is 0.273. The van der Waals surface area contributed by atoms with E-state index in [0.717, 1.165) is 0 Å². The van der Waals surface area contributed by atoms with Gasteiger partial charge in [0.25, 0.3) is 0 Å². The first kappa shape index (κ1) is 13.6. The Hall–Kier alpha value is -1.43. The molecule has 0 unspecified atom stereocenters. The van der Waals surface area contributed by atoms with Crippen molar-refractivity contribution in [1.29, 1.82) is 0 Å². The first-order valence-electron chi connectivity index (χ1n) is 4.83. The summed E-state index contributed by atoms with van der Waals surface area (Å²) >= 11 is 2.91. The lowest BCUT2D eigenvalue weighted by Gasteiger charge is -2.05. The molecule has 0 aliphatic carbocycles. The van der Waals surface area contributed by atoms with Crippen LogP contribution in [0, 0.1) is 5.82 Å². The topological polar surface area (TPSA) is 63.6 Å². The zero-order chi connectivity index (χ0) is 13.0. The number of ketones is 1. The van der Waals surface area contributed by atoms with Crippen molar-refractivity contribution in [3.05, 3.63) is 28.0 Å². The van der Waals surface area contributed by atoms with Crippen LogP contribution in [0.5, 0.6) is 5.75 Å². The third kappa shape index (κ3) is 3.26. The summed E-state index contributed by atoms with van der Waals surface area (Å²) < 4.78 is 18.2. The standard InChI is InChI=1S/C11H10BrFO4/c1-2-17-9(15)5-8(14)6-3-4-7(12)11(16)10(6)13/h3-4,16H,2,5H2,1H3. The van der Waals surface area contributed by atoms with Crippen LogP contribution in [-0.4, -0.2) is 23.5 Å². The maximum Gasteiger partial charge on any atom is 0.313 e. The number of phenols is 1. The van der Waals surface area contributed by atoms with Crippen LogP contribution < -0.4 is 0 Å². The third-order valence-electron chi connectivity index (χ3n) is 1.98. The molecule has 0 saturated heterocycles. The van der Waals surface area contributed by atoms with Gasteiger partial charge in [0.15, 0.2) is 17.3 Å². The lowest BCUT2D eigenvalue weighted by molar-refractivity contribution is -0.141. The number of phenolic OH excluding ortho intramolecular Hbond substituents is 1. The summed E-state index contributed by atoms with van der Waals surface area (Å²) in [4.78, 5) is 22.6. The van der Waals surface area contributed by atoms with E-state index in [0.29, 0.717) is 0 Å². The Kier molecular flexibility index (Phi) is 4.62. The number of halogens is 2. The summed E-state index contributed by atoms with van der Waals surface area (Å²) in [6.07, 6.45) is -0.550. The van der Waals surface area contributed by atoms with Gasteiger partial charge in [-0.25, -0.2) is 4.39 Å². The normalized spacial score (nSPS) is 10.1. The molecule has 0 aromatic heterocycles. The Balaban J connectivity index is 2.90. The summed E-state index contributed by atoms with van der Waals surface area (Å²) in [5, 5.41) is 9.28. The number of esters is 1. The molecule has 1 aromatic carbocycles. The van der Waals surface area contributed by atoms with Crippen molar-refractivity contribution in [3.63, 3.8) is 0 Å². The monoisotopic (exact) mass is 304 g/mol. The Bertz CT molecular complexity index is 459. The fourth-order valence-corrected chi connectivity index (χ4v) is 1.50. The van der Waals surface area contributed by atoms with Gasteiger partial charge < -0.3 is 9.84 Å². The van der Waals surface area contributed by atoms with E-state index in [4.69, 9.17) is 0 Å². The highest BCUT2D eigenvalue weighted by atomic mass is 79.9. The molecule has 0 atom stereocenters. The molecule has 17 heavy (non-hydrogen) atoms. The maximum atomic E-state index is 13.5. The number of carbonyl (C=O) groups excluding carboxylic acids is 2. The molecule has 0 spiro atoms. The van der Waals surface area contributed by atoms with Crippen LogP contribution in [0.2, 0.25) is 0 Å². The molecular formula is C11H10BrFO4. The molecule has 1 N–H and O–H groups in total. The molecule has 0 aliphatic heterocycles. The quantitative estimate of drug-likeness (QED) is 0.527. The number of rotatable bonds is 4. The van der Waals surface area contributed by atoms with Crippen molar-refractivity contribution >= 4 is 27.7 Å². The minimum Gasteiger partial charge on any atom is -0.504 e. The maximum absolute atomic E-state index is 13.5. The van der Waals surface area contributed by atoms with Gasteiger partial charge in [0, 0.05) is 0 Å². The molecule has 0 amide bonds. The molecule has 1 rings (SSSR count). The number of hydrogen-bond acceptors (Lipinski definition) is 4. The smallest absolute Gasteiger partial charge is 0.313 e. The average Bonchev–Trinajstić information content (AvgIpc) is 2.26. The molecule has 4 nitrogen and oxygen atoms in total. The molecule has 6 heteroatoms. The van der Waals surface area contributed by atoms with Gasteiger partial charge in [-0.15, -0.1) is 0 Å². The second-order valence-corrected chi connectivity index (χ2v) is 4.02. The van der Waals surface area contributed by atoms with Gasteiger partial charge in [0.05, 0.1) is 16.6 Å². The van der Waals surface area contributed by atoms with Crippen molar-refractivity contribution in [2.24, 2.45) is 0 Å². The first-order valence-corrected chi connectivity index (χ1v) is 5.62. The summed E-state index contributed by atoms with van der Waals surface area (Å²) in [5.41, 5.74) is -0.334. The predicted molar refractivity (Wildman–Crippen MR) is 61.3 cm³/mol. The SMILES string of the molecule is CCOC(=O)CC(=O)c1ccc(Br)c(O)c1F. The van der Waals surface area contributed by atoms with E-state index in [9.17, 15) is 19.1 Å². The number of benzene rings is 1. The molecule has 0 bridgehead atoms. The Morgan fingerprint density at radius 1 is 1.47 bits per heavy atom. The van der Waals surface area contributed by atoms with Crippen LogP contribution in [0.3, 0.4) is 0 Å². The van der Waals surface area contributed by atoms with Crippen LogP contribution in [0.4, 0.5) is 4.39 Å². The zero-order valence-electron chi connectivity index (χ0n) is 9.00. The Labute approximate surface area is 106 Å². The largest absolute Gasteiger partial charge is 0.504 e. The highest BCUT2D eigenvalue weighted by molar-refractivity contribution is 9.10. The van der Waals surface area contributed by atoms with Gasteiger partial charge in [-0.1, -0.05) is 0 Å². The molecular weight excluding hydrogens is 295 g/mol. The number of ether oxygens (including phenoxy) is 1. The van der Waals surface area contributed by atoms with Gasteiger partial charge in [-0.2, -0.15) is 0 Å². The van der Waals surface area contributed by atoms with Gasteiger partial charge in [-0.05, 0) is 35.0 Å². The first-order chi connectivity index (χ1) is 7.97. The van der Waals surface area contributed by atoms with Crippen LogP contribution in [0.25, 0.3) is 0 Å². The van der Waals surface area contributed by atoms with Gasteiger partial charge in [0.2, 0.25) is 0 Å². The van der Waals surface area contributed by atoms with E-state index in [1.807, 2.05) is 0 Å². The summed E-state index contributed by atoms with van der Waals surface area (Å²) in [6, 6.07) is 2.53. The second-order valence-electron chi connectivity index (χ2n) is 3.16. The predicted octanol–water partition coefficient (Wildman–Crippen LogP) is 2.43. The van der Waals surface area contributed by atoms with Crippen LogP contribution in [-0.2, 0) is 9.53 Å². The summed E-state index contributed by atoms with van der Waals surface area (Å²) in [5.74, 6) is -3.16. The Morgan fingerprint density at radius 2 is 2.12 bits per heavy atom. The van der Waals surface area contributed by atoms with E-state index >= 15 is 0 Å². The minimum absolute atomic E-state index is 0.141. The van der Waals surface area contributed by atoms with Gasteiger partial charge in [0.1, 0.15) is 6.42 Å². The molecule has 0 saturated carbocycles. The second kappa shape index (κ2) is 5.77. The van der Waals surface area contributed by atoms with E-state index < -0.39 is 29.7 Å². The number of carbonyl (C=O) groups is 2. The van der Waals surface area contributed by atoms with Crippen LogP contribution >= 0.6 is 15.9 Å². The van der Waals surface area contributed by atoms with Crippen LogP contribution in [0.15, 0.2) is 16.6 Å². The summed E-state index contributed by atoms with van der Waals surface area (Å²) in [6.45, 7) is 1.76. The van der Waals surface area contributed by atoms with E-state index in [-0.39, 0.29) is 16.6 Å². The highest BCUT2D eigenvalue weighted by Crippen LogP contribution is 2.29. The number of Topliss-reactive ketones (excluding diaryl/α,β-unsaturated/α-hetero) is 1. The average molecular weight is 305 g/mol. The Morgan fingerprint density at radius 3 is 2.71 bits per heavy atom. The minimum atomic E-state index is -1.05. The molecule has 92 valence electrons. The highest BCUT2D eigenvalue weighted by Gasteiger charge is 2.19. The van der Waals surface area contributed by atoms with E-state index in [2.05, 4.69) is 20.7 Å².